The Bertz CT molecular complexity index is 468. The summed E-state index contributed by atoms with van der Waals surface area (Å²) in [6, 6.07) is 0.0892. The first-order chi connectivity index (χ1) is 12.0. The fraction of sp³-hybridized carbons (Fsp3) is 0.900. The summed E-state index contributed by atoms with van der Waals surface area (Å²) in [6.45, 7) is 7.69. The van der Waals surface area contributed by atoms with Crippen LogP contribution in [-0.4, -0.2) is 57.8 Å². The van der Waals surface area contributed by atoms with Gasteiger partial charge in [-0.2, -0.15) is 0 Å². The molecule has 152 valence electrons. The molecule has 0 aromatic rings. The molecule has 1 saturated carbocycles. The number of likely N-dealkylation sites (N-methyl/N-ethyl adjacent to an activating group) is 1. The quantitative estimate of drug-likeness (QED) is 0.580. The van der Waals surface area contributed by atoms with Crippen LogP contribution in [0, 0.1) is 5.92 Å². The molecule has 0 aromatic heterocycles. The van der Waals surface area contributed by atoms with E-state index < -0.39 is 11.2 Å². The van der Waals surface area contributed by atoms with E-state index in [1.54, 1.807) is 25.8 Å². The van der Waals surface area contributed by atoms with Gasteiger partial charge in [-0.3, -0.25) is 9.59 Å². The van der Waals surface area contributed by atoms with Gasteiger partial charge in [0.25, 0.3) is 11.8 Å². The monoisotopic (exact) mass is 370 g/mol. The Morgan fingerprint density at radius 2 is 1.50 bits per heavy atom. The first-order valence-corrected chi connectivity index (χ1v) is 10.0. The Hall–Kier alpha value is -1.14. The van der Waals surface area contributed by atoms with Crippen molar-refractivity contribution in [3.63, 3.8) is 0 Å². The second-order valence-corrected chi connectivity index (χ2v) is 8.42. The van der Waals surface area contributed by atoms with Gasteiger partial charge < -0.3 is 20.4 Å². The zero-order valence-corrected chi connectivity index (χ0v) is 17.2. The lowest BCUT2D eigenvalue weighted by Gasteiger charge is -2.35. The van der Waals surface area contributed by atoms with Gasteiger partial charge in [0.2, 0.25) is 0 Å². The number of amides is 2. The standard InChI is InChI=1S/C20H38N2O4/c1-6-12-19(3,25)17(23)21-16-10-8-15(9-11-16)14-22(5)18(24)20(4,26)13-7-2/h15-16,25-26H,6-14H2,1-5H3,(H,21,23). The summed E-state index contributed by atoms with van der Waals surface area (Å²) >= 11 is 0. The van der Waals surface area contributed by atoms with Gasteiger partial charge in [0.1, 0.15) is 11.2 Å². The highest BCUT2D eigenvalue weighted by atomic mass is 16.3. The lowest BCUT2D eigenvalue weighted by atomic mass is 9.85. The van der Waals surface area contributed by atoms with E-state index in [9.17, 15) is 19.8 Å². The summed E-state index contributed by atoms with van der Waals surface area (Å²) in [5.74, 6) is -0.123. The third kappa shape index (κ3) is 6.54. The third-order valence-electron chi connectivity index (χ3n) is 5.48. The van der Waals surface area contributed by atoms with Gasteiger partial charge in [-0.05, 0) is 58.3 Å². The summed E-state index contributed by atoms with van der Waals surface area (Å²) in [7, 11) is 1.75. The second-order valence-electron chi connectivity index (χ2n) is 8.42. The van der Waals surface area contributed by atoms with Crippen molar-refractivity contribution >= 4 is 11.8 Å². The summed E-state index contributed by atoms with van der Waals surface area (Å²) in [5.41, 5.74) is -2.59. The molecule has 3 N–H and O–H groups in total. The van der Waals surface area contributed by atoms with Crippen LogP contribution in [0.25, 0.3) is 0 Å². The molecule has 0 saturated heterocycles. The number of nitrogens with zero attached hydrogens (tertiary/aromatic N) is 1. The van der Waals surface area contributed by atoms with Crippen LogP contribution < -0.4 is 5.32 Å². The highest BCUT2D eigenvalue weighted by molar-refractivity contribution is 5.85. The number of nitrogens with one attached hydrogen (secondary N) is 1. The molecule has 1 fully saturated rings. The Morgan fingerprint density at radius 1 is 1.00 bits per heavy atom. The van der Waals surface area contributed by atoms with Crippen molar-refractivity contribution in [1.29, 1.82) is 0 Å². The first kappa shape index (κ1) is 22.9. The van der Waals surface area contributed by atoms with E-state index in [0.29, 0.717) is 25.3 Å². The molecule has 0 aromatic carbocycles. The number of rotatable bonds is 9. The lowest BCUT2D eigenvalue weighted by molar-refractivity contribution is -0.149. The molecular formula is C20H38N2O4. The topological polar surface area (TPSA) is 89.9 Å². The van der Waals surface area contributed by atoms with Gasteiger partial charge >= 0.3 is 0 Å². The van der Waals surface area contributed by atoms with Crippen molar-refractivity contribution in [2.75, 3.05) is 13.6 Å². The number of hydrogen-bond donors (Lipinski definition) is 3. The predicted molar refractivity (Wildman–Crippen MR) is 103 cm³/mol. The Balaban J connectivity index is 2.44. The van der Waals surface area contributed by atoms with Crippen LogP contribution in [0.2, 0.25) is 0 Å². The van der Waals surface area contributed by atoms with Crippen LogP contribution in [0.15, 0.2) is 0 Å². The third-order valence-corrected chi connectivity index (χ3v) is 5.48. The number of hydrogen-bond acceptors (Lipinski definition) is 4. The van der Waals surface area contributed by atoms with Crippen LogP contribution in [0.4, 0.5) is 0 Å². The van der Waals surface area contributed by atoms with Crippen LogP contribution >= 0.6 is 0 Å². The van der Waals surface area contributed by atoms with Gasteiger partial charge in [-0.15, -0.1) is 0 Å². The molecule has 1 rings (SSSR count). The number of aliphatic hydroxyl groups is 2. The van der Waals surface area contributed by atoms with Crippen LogP contribution in [0.3, 0.4) is 0 Å². The molecule has 0 radical (unpaired) electrons. The molecule has 2 atom stereocenters. The van der Waals surface area contributed by atoms with E-state index >= 15 is 0 Å². The highest BCUT2D eigenvalue weighted by Crippen LogP contribution is 2.26. The first-order valence-electron chi connectivity index (χ1n) is 10.0. The smallest absolute Gasteiger partial charge is 0.253 e. The average Bonchev–Trinajstić information content (AvgIpc) is 2.55. The predicted octanol–water partition coefficient (Wildman–Crippen LogP) is 2.22. The van der Waals surface area contributed by atoms with Crippen molar-refractivity contribution in [3.05, 3.63) is 0 Å². The SMILES string of the molecule is CCCC(C)(O)C(=O)NC1CCC(CN(C)C(=O)C(C)(O)CCC)CC1. The van der Waals surface area contributed by atoms with Crippen LogP contribution in [0.1, 0.15) is 79.1 Å². The van der Waals surface area contributed by atoms with E-state index in [0.717, 1.165) is 38.5 Å². The maximum absolute atomic E-state index is 12.4. The number of carbonyl (C=O) groups is 2. The molecule has 26 heavy (non-hydrogen) atoms. The maximum Gasteiger partial charge on any atom is 0.253 e. The van der Waals surface area contributed by atoms with E-state index in [1.165, 1.54) is 0 Å². The van der Waals surface area contributed by atoms with E-state index in [2.05, 4.69) is 5.32 Å². The fourth-order valence-electron chi connectivity index (χ4n) is 3.91. The normalized spacial score (nSPS) is 25.0. The second kappa shape index (κ2) is 9.70. The van der Waals surface area contributed by atoms with Crippen molar-refractivity contribution in [3.8, 4) is 0 Å². The summed E-state index contributed by atoms with van der Waals surface area (Å²) < 4.78 is 0. The fourth-order valence-corrected chi connectivity index (χ4v) is 3.91. The molecule has 0 spiro atoms. The summed E-state index contributed by atoms with van der Waals surface area (Å²) in [4.78, 5) is 26.2. The van der Waals surface area contributed by atoms with Gasteiger partial charge in [-0.25, -0.2) is 0 Å². The molecule has 2 amide bonds. The molecule has 6 nitrogen and oxygen atoms in total. The molecule has 0 heterocycles. The highest BCUT2D eigenvalue weighted by Gasteiger charge is 2.34. The minimum atomic E-state index is -1.30. The molecule has 1 aliphatic carbocycles. The van der Waals surface area contributed by atoms with Crippen molar-refractivity contribution in [1.82, 2.24) is 10.2 Å². The van der Waals surface area contributed by atoms with Crippen LogP contribution in [-0.2, 0) is 9.59 Å². The molecule has 2 unspecified atom stereocenters. The van der Waals surface area contributed by atoms with E-state index in [-0.39, 0.29) is 17.9 Å². The molecule has 0 aliphatic heterocycles. The van der Waals surface area contributed by atoms with Crippen molar-refractivity contribution in [2.45, 2.75) is 96.3 Å². The molecule has 1 aliphatic rings. The molecular weight excluding hydrogens is 332 g/mol. The zero-order valence-electron chi connectivity index (χ0n) is 17.2. The van der Waals surface area contributed by atoms with Crippen molar-refractivity contribution < 1.29 is 19.8 Å². The van der Waals surface area contributed by atoms with Gasteiger partial charge in [0.05, 0.1) is 0 Å². The molecule has 0 bridgehead atoms. The van der Waals surface area contributed by atoms with Gasteiger partial charge in [0.15, 0.2) is 0 Å². The van der Waals surface area contributed by atoms with Crippen LogP contribution in [0.5, 0.6) is 0 Å². The van der Waals surface area contributed by atoms with E-state index in [4.69, 9.17) is 0 Å². The Kier molecular flexibility index (Phi) is 8.54. The summed E-state index contributed by atoms with van der Waals surface area (Å²) in [6.07, 6.45) is 6.00. The van der Waals surface area contributed by atoms with Gasteiger partial charge in [-0.1, -0.05) is 26.7 Å². The Morgan fingerprint density at radius 3 is 2.00 bits per heavy atom. The number of carbonyl (C=O) groups excluding carboxylic acids is 2. The maximum atomic E-state index is 12.4. The summed E-state index contributed by atoms with van der Waals surface area (Å²) in [5, 5.41) is 23.4. The minimum Gasteiger partial charge on any atom is -0.380 e. The average molecular weight is 371 g/mol. The minimum absolute atomic E-state index is 0.0892. The van der Waals surface area contributed by atoms with E-state index in [1.807, 2.05) is 13.8 Å². The zero-order chi connectivity index (χ0) is 20.0. The Labute approximate surface area is 158 Å². The molecule has 6 heteroatoms. The largest absolute Gasteiger partial charge is 0.380 e. The van der Waals surface area contributed by atoms with Gasteiger partial charge in [0, 0.05) is 19.6 Å². The lowest BCUT2D eigenvalue weighted by Crippen LogP contribution is -2.50. The van der Waals surface area contributed by atoms with Crippen molar-refractivity contribution in [2.24, 2.45) is 5.92 Å².